The number of hydrogen-bond acceptors (Lipinski definition) is 6. The Kier molecular flexibility index (Phi) is 6.81. The van der Waals surface area contributed by atoms with Crippen molar-refractivity contribution >= 4 is 17.9 Å². The summed E-state index contributed by atoms with van der Waals surface area (Å²) in [6, 6.07) is 12.0. The van der Waals surface area contributed by atoms with Crippen LogP contribution in [0.5, 0.6) is 5.75 Å². The third-order valence-corrected chi connectivity index (χ3v) is 3.57. The van der Waals surface area contributed by atoms with E-state index >= 15 is 0 Å². The van der Waals surface area contributed by atoms with Crippen LogP contribution in [-0.2, 0) is 11.2 Å². The van der Waals surface area contributed by atoms with Gasteiger partial charge in [0.15, 0.2) is 11.4 Å². The number of aromatic carboxylic acids is 1. The summed E-state index contributed by atoms with van der Waals surface area (Å²) < 4.78 is 11.0. The van der Waals surface area contributed by atoms with E-state index in [0.717, 1.165) is 5.56 Å². The molecule has 1 aromatic heterocycles. The third-order valence-electron chi connectivity index (χ3n) is 3.57. The van der Waals surface area contributed by atoms with Gasteiger partial charge >= 0.3 is 12.1 Å². The number of pyridine rings is 1. The van der Waals surface area contributed by atoms with Crippen molar-refractivity contribution in [2.24, 2.45) is 0 Å². The number of alkyl carbamates (subject to hydrolysis) is 1. The molecule has 1 unspecified atom stereocenters. The highest BCUT2D eigenvalue weighted by Crippen LogP contribution is 2.19. The average Bonchev–Trinajstić information content (AvgIpc) is 2.59. The minimum absolute atomic E-state index is 0.0278. The number of ether oxygens (including phenoxy) is 2. The van der Waals surface area contributed by atoms with Crippen LogP contribution in [0.25, 0.3) is 0 Å². The van der Waals surface area contributed by atoms with E-state index in [2.05, 4.69) is 10.3 Å². The molecule has 8 heteroatoms. The number of carbonyl (C=O) groups excluding carboxylic acids is 1. The summed E-state index contributed by atoms with van der Waals surface area (Å²) in [5, 5.41) is 12.0. The third kappa shape index (κ3) is 6.79. The second kappa shape index (κ2) is 9.07. The zero-order valence-corrected chi connectivity index (χ0v) is 16.1. The Labute approximate surface area is 163 Å². The molecule has 0 fully saturated rings. The first-order valence-electron chi connectivity index (χ1n) is 8.80. The summed E-state index contributed by atoms with van der Waals surface area (Å²) >= 11 is 0. The van der Waals surface area contributed by atoms with Gasteiger partial charge in [-0.05, 0) is 44.9 Å². The smallest absolute Gasteiger partial charge is 0.408 e. The molecule has 0 aliphatic rings. The van der Waals surface area contributed by atoms with Gasteiger partial charge in [-0.25, -0.2) is 14.6 Å². The van der Waals surface area contributed by atoms with E-state index in [1.807, 2.05) is 30.3 Å². The summed E-state index contributed by atoms with van der Waals surface area (Å²) in [6.07, 6.45) is -0.101. The molecule has 0 bridgehead atoms. The molecule has 1 atom stereocenters. The van der Waals surface area contributed by atoms with E-state index in [1.54, 1.807) is 20.8 Å². The second-order valence-electron chi connectivity index (χ2n) is 7.23. The standard InChI is InChI=1S/C20H25N3O5/c1-20(2,3)28-19(26)22-14(11-13-7-5-4-6-8-13)12-27-15-9-10-16(21)23-17(15)18(24)25/h4-10,14H,11-12H2,1-3H3,(H2,21,23)(H,22,26)(H,24,25). The molecule has 2 aromatic rings. The highest BCUT2D eigenvalue weighted by molar-refractivity contribution is 5.89. The first-order chi connectivity index (χ1) is 13.1. The molecule has 0 aliphatic carbocycles. The van der Waals surface area contributed by atoms with Crippen LogP contribution < -0.4 is 15.8 Å². The summed E-state index contributed by atoms with van der Waals surface area (Å²) in [5.41, 5.74) is 5.61. The fourth-order valence-corrected chi connectivity index (χ4v) is 2.45. The lowest BCUT2D eigenvalue weighted by molar-refractivity contribution is 0.0485. The number of anilines is 1. The molecular formula is C20H25N3O5. The molecule has 4 N–H and O–H groups in total. The Morgan fingerprint density at radius 2 is 1.86 bits per heavy atom. The largest absolute Gasteiger partial charge is 0.489 e. The monoisotopic (exact) mass is 387 g/mol. The number of rotatable bonds is 7. The molecule has 0 saturated carbocycles. The van der Waals surface area contributed by atoms with Crippen molar-refractivity contribution < 1.29 is 24.2 Å². The van der Waals surface area contributed by atoms with Gasteiger partial charge in [-0.2, -0.15) is 0 Å². The SMILES string of the molecule is CC(C)(C)OC(=O)NC(COc1ccc(N)nc1C(=O)O)Cc1ccccc1. The first kappa shape index (κ1) is 21.0. The lowest BCUT2D eigenvalue weighted by atomic mass is 10.1. The molecule has 28 heavy (non-hydrogen) atoms. The Hall–Kier alpha value is -3.29. The van der Waals surface area contributed by atoms with Gasteiger partial charge in [0.2, 0.25) is 0 Å². The van der Waals surface area contributed by atoms with E-state index in [0.29, 0.717) is 6.42 Å². The minimum atomic E-state index is -1.25. The highest BCUT2D eigenvalue weighted by Gasteiger charge is 2.21. The van der Waals surface area contributed by atoms with Crippen molar-refractivity contribution in [2.45, 2.75) is 38.8 Å². The lowest BCUT2D eigenvalue weighted by Crippen LogP contribution is -2.43. The Morgan fingerprint density at radius 1 is 1.18 bits per heavy atom. The van der Waals surface area contributed by atoms with E-state index in [4.69, 9.17) is 15.2 Å². The molecule has 0 saturated heterocycles. The van der Waals surface area contributed by atoms with Crippen LogP contribution in [0.2, 0.25) is 0 Å². The van der Waals surface area contributed by atoms with Gasteiger partial charge < -0.3 is 25.6 Å². The van der Waals surface area contributed by atoms with Crippen LogP contribution in [0.15, 0.2) is 42.5 Å². The Morgan fingerprint density at radius 3 is 2.46 bits per heavy atom. The highest BCUT2D eigenvalue weighted by atomic mass is 16.6. The van der Waals surface area contributed by atoms with Gasteiger partial charge in [0.25, 0.3) is 0 Å². The van der Waals surface area contributed by atoms with E-state index in [9.17, 15) is 14.7 Å². The van der Waals surface area contributed by atoms with E-state index in [-0.39, 0.29) is 23.9 Å². The van der Waals surface area contributed by atoms with Gasteiger partial charge in [-0.3, -0.25) is 0 Å². The molecular weight excluding hydrogens is 362 g/mol. The number of aromatic nitrogens is 1. The maximum atomic E-state index is 12.2. The van der Waals surface area contributed by atoms with E-state index < -0.39 is 23.7 Å². The van der Waals surface area contributed by atoms with Gasteiger partial charge in [0, 0.05) is 0 Å². The normalized spacial score (nSPS) is 12.1. The molecule has 1 heterocycles. The summed E-state index contributed by atoms with van der Waals surface area (Å²) in [6.45, 7) is 5.34. The van der Waals surface area contributed by atoms with Crippen LogP contribution in [0.4, 0.5) is 10.6 Å². The molecule has 1 amide bonds. The molecule has 150 valence electrons. The number of carbonyl (C=O) groups is 2. The predicted molar refractivity (Wildman–Crippen MR) is 104 cm³/mol. The number of amides is 1. The zero-order valence-electron chi connectivity index (χ0n) is 16.1. The van der Waals surface area contributed by atoms with Gasteiger partial charge in [-0.15, -0.1) is 0 Å². The predicted octanol–water partition coefficient (Wildman–Crippen LogP) is 2.88. The van der Waals surface area contributed by atoms with Crippen molar-refractivity contribution in [3.05, 3.63) is 53.7 Å². The fraction of sp³-hybridized carbons (Fsp3) is 0.350. The van der Waals surface area contributed by atoms with Crippen LogP contribution >= 0.6 is 0 Å². The number of nitrogens with one attached hydrogen (secondary N) is 1. The van der Waals surface area contributed by atoms with Crippen LogP contribution in [-0.4, -0.2) is 40.4 Å². The molecule has 2 rings (SSSR count). The van der Waals surface area contributed by atoms with Crippen molar-refractivity contribution in [1.82, 2.24) is 10.3 Å². The minimum Gasteiger partial charge on any atom is -0.489 e. The summed E-state index contributed by atoms with van der Waals surface area (Å²) in [5.74, 6) is -1.09. The van der Waals surface area contributed by atoms with Gasteiger partial charge in [-0.1, -0.05) is 30.3 Å². The summed E-state index contributed by atoms with van der Waals surface area (Å²) in [7, 11) is 0. The molecule has 1 aromatic carbocycles. The molecule has 0 radical (unpaired) electrons. The zero-order chi connectivity index (χ0) is 20.7. The molecule has 0 spiro atoms. The Bertz CT molecular complexity index is 818. The number of carboxylic acid groups (broad SMARTS) is 1. The maximum Gasteiger partial charge on any atom is 0.408 e. The second-order valence-corrected chi connectivity index (χ2v) is 7.23. The van der Waals surface area contributed by atoms with Crippen LogP contribution in [0.3, 0.4) is 0 Å². The van der Waals surface area contributed by atoms with Crippen molar-refractivity contribution in [3.8, 4) is 5.75 Å². The Balaban J connectivity index is 2.13. The number of nitrogens with zero attached hydrogens (tertiary/aromatic N) is 1. The lowest BCUT2D eigenvalue weighted by Gasteiger charge is -2.24. The van der Waals surface area contributed by atoms with Crippen molar-refractivity contribution in [1.29, 1.82) is 0 Å². The quantitative estimate of drug-likeness (QED) is 0.667. The number of nitrogen functional groups attached to an aromatic ring is 1. The average molecular weight is 387 g/mol. The van der Waals surface area contributed by atoms with Gasteiger partial charge in [0.05, 0.1) is 6.04 Å². The maximum absolute atomic E-state index is 12.2. The molecule has 8 nitrogen and oxygen atoms in total. The molecule has 0 aliphatic heterocycles. The number of benzene rings is 1. The number of nitrogens with two attached hydrogens (primary N) is 1. The van der Waals surface area contributed by atoms with Crippen molar-refractivity contribution in [2.75, 3.05) is 12.3 Å². The van der Waals surface area contributed by atoms with Crippen LogP contribution in [0, 0.1) is 0 Å². The fourth-order valence-electron chi connectivity index (χ4n) is 2.45. The number of hydrogen-bond donors (Lipinski definition) is 3. The van der Waals surface area contributed by atoms with E-state index in [1.165, 1.54) is 12.1 Å². The van der Waals surface area contributed by atoms with Crippen molar-refractivity contribution in [3.63, 3.8) is 0 Å². The summed E-state index contributed by atoms with van der Waals surface area (Å²) in [4.78, 5) is 27.3. The number of carboxylic acids is 1. The van der Waals surface area contributed by atoms with Crippen LogP contribution in [0.1, 0.15) is 36.8 Å². The topological polar surface area (TPSA) is 124 Å². The van der Waals surface area contributed by atoms with Gasteiger partial charge in [0.1, 0.15) is 18.0 Å². The first-order valence-corrected chi connectivity index (χ1v) is 8.80.